The van der Waals surface area contributed by atoms with Crippen LogP contribution in [0.2, 0.25) is 10.2 Å². The van der Waals surface area contributed by atoms with Gasteiger partial charge in [-0.1, -0.05) is 41.4 Å². The van der Waals surface area contributed by atoms with Crippen LogP contribution < -0.4 is 5.73 Å². The van der Waals surface area contributed by atoms with Crippen molar-refractivity contribution in [2.24, 2.45) is 5.73 Å². The van der Waals surface area contributed by atoms with Crippen LogP contribution in [0.4, 0.5) is 0 Å². The molecule has 2 aromatic rings. The zero-order chi connectivity index (χ0) is 11.5. The highest BCUT2D eigenvalue weighted by atomic mass is 35.5. The highest BCUT2D eigenvalue weighted by Crippen LogP contribution is 2.21. The summed E-state index contributed by atoms with van der Waals surface area (Å²) in [6.45, 7) is 0. The topological polar surface area (TPSA) is 38.9 Å². The number of rotatable bonds is 2. The molecule has 1 aromatic carbocycles. The van der Waals surface area contributed by atoms with Crippen LogP contribution in [-0.4, -0.2) is 4.98 Å². The van der Waals surface area contributed by atoms with E-state index in [2.05, 4.69) is 4.98 Å². The van der Waals surface area contributed by atoms with Crippen LogP contribution in [0.15, 0.2) is 42.6 Å². The molecular weight excluding hydrogens is 243 g/mol. The average molecular weight is 253 g/mol. The first kappa shape index (κ1) is 11.4. The minimum atomic E-state index is -0.206. The monoisotopic (exact) mass is 252 g/mol. The van der Waals surface area contributed by atoms with Gasteiger partial charge in [0.15, 0.2) is 0 Å². The Hall–Kier alpha value is -1.09. The summed E-state index contributed by atoms with van der Waals surface area (Å²) < 4.78 is 0. The van der Waals surface area contributed by atoms with Gasteiger partial charge in [-0.3, -0.25) is 0 Å². The molecule has 1 aromatic heterocycles. The summed E-state index contributed by atoms with van der Waals surface area (Å²) in [6.07, 6.45) is 1.68. The third kappa shape index (κ3) is 2.53. The first-order valence-corrected chi connectivity index (χ1v) is 5.55. The van der Waals surface area contributed by atoms with Gasteiger partial charge in [-0.2, -0.15) is 0 Å². The van der Waals surface area contributed by atoms with E-state index in [1.165, 1.54) is 0 Å². The van der Waals surface area contributed by atoms with Gasteiger partial charge in [0.2, 0.25) is 0 Å². The van der Waals surface area contributed by atoms with Gasteiger partial charge in [-0.15, -0.1) is 0 Å². The zero-order valence-corrected chi connectivity index (χ0v) is 9.91. The standard InChI is InChI=1S/C12H10Cl2N2/c13-10-4-1-8(2-5-10)12(15)9-3-6-11(14)16-7-9/h1-7,12H,15H2. The lowest BCUT2D eigenvalue weighted by atomic mass is 10.0. The lowest BCUT2D eigenvalue weighted by Gasteiger charge is -2.12. The second kappa shape index (κ2) is 4.83. The van der Waals surface area contributed by atoms with Gasteiger partial charge in [-0.05, 0) is 29.3 Å². The number of halogens is 2. The third-order valence-corrected chi connectivity index (χ3v) is 2.81. The molecule has 2 N–H and O–H groups in total. The fourth-order valence-electron chi connectivity index (χ4n) is 1.43. The first-order chi connectivity index (χ1) is 7.66. The van der Waals surface area contributed by atoms with Gasteiger partial charge < -0.3 is 5.73 Å². The van der Waals surface area contributed by atoms with Crippen molar-refractivity contribution in [1.82, 2.24) is 4.98 Å². The second-order valence-electron chi connectivity index (χ2n) is 3.44. The van der Waals surface area contributed by atoms with Crippen molar-refractivity contribution >= 4 is 23.2 Å². The highest BCUT2D eigenvalue weighted by molar-refractivity contribution is 6.30. The molecule has 1 heterocycles. The van der Waals surface area contributed by atoms with Crippen molar-refractivity contribution in [3.63, 3.8) is 0 Å². The summed E-state index contributed by atoms with van der Waals surface area (Å²) >= 11 is 11.5. The summed E-state index contributed by atoms with van der Waals surface area (Å²) in [5.74, 6) is 0. The summed E-state index contributed by atoms with van der Waals surface area (Å²) in [5.41, 5.74) is 8.01. The molecule has 82 valence electrons. The average Bonchev–Trinajstić information content (AvgIpc) is 2.30. The van der Waals surface area contributed by atoms with Crippen LogP contribution in [0.3, 0.4) is 0 Å². The van der Waals surface area contributed by atoms with E-state index in [9.17, 15) is 0 Å². The predicted octanol–water partition coefficient (Wildman–Crippen LogP) is 3.44. The molecule has 0 aliphatic carbocycles. The van der Waals surface area contributed by atoms with Crippen LogP contribution in [0.25, 0.3) is 0 Å². The van der Waals surface area contributed by atoms with Gasteiger partial charge in [0.25, 0.3) is 0 Å². The lowest BCUT2D eigenvalue weighted by Crippen LogP contribution is -2.11. The molecule has 16 heavy (non-hydrogen) atoms. The smallest absolute Gasteiger partial charge is 0.129 e. The van der Waals surface area contributed by atoms with Gasteiger partial charge in [0.1, 0.15) is 5.15 Å². The summed E-state index contributed by atoms with van der Waals surface area (Å²) in [7, 11) is 0. The van der Waals surface area contributed by atoms with Crippen molar-refractivity contribution in [2.45, 2.75) is 6.04 Å². The van der Waals surface area contributed by atoms with Gasteiger partial charge in [0.05, 0.1) is 6.04 Å². The summed E-state index contributed by atoms with van der Waals surface area (Å²) in [5, 5.41) is 1.16. The molecule has 0 saturated heterocycles. The SMILES string of the molecule is NC(c1ccc(Cl)cc1)c1ccc(Cl)nc1. The number of aromatic nitrogens is 1. The largest absolute Gasteiger partial charge is 0.320 e. The van der Waals surface area contributed by atoms with Gasteiger partial charge in [0, 0.05) is 11.2 Å². The normalized spacial score (nSPS) is 12.4. The Morgan fingerprint density at radius 3 is 2.12 bits per heavy atom. The number of nitrogens with two attached hydrogens (primary N) is 1. The van der Waals surface area contributed by atoms with Crippen LogP contribution >= 0.6 is 23.2 Å². The molecule has 1 atom stereocenters. The molecule has 0 aliphatic rings. The Labute approximate surface area is 104 Å². The Kier molecular flexibility index (Phi) is 3.44. The van der Waals surface area contributed by atoms with E-state index < -0.39 is 0 Å². The maximum Gasteiger partial charge on any atom is 0.129 e. The van der Waals surface area contributed by atoms with Crippen molar-refractivity contribution in [1.29, 1.82) is 0 Å². The number of pyridine rings is 1. The van der Waals surface area contributed by atoms with Gasteiger partial charge >= 0.3 is 0 Å². The van der Waals surface area contributed by atoms with Crippen molar-refractivity contribution in [3.05, 3.63) is 63.9 Å². The van der Waals surface area contributed by atoms with Crippen LogP contribution in [0.1, 0.15) is 17.2 Å². The molecule has 0 radical (unpaired) electrons. The van der Waals surface area contributed by atoms with E-state index in [0.29, 0.717) is 10.2 Å². The fraction of sp³-hybridized carbons (Fsp3) is 0.0833. The highest BCUT2D eigenvalue weighted by Gasteiger charge is 2.08. The molecule has 0 bridgehead atoms. The number of nitrogens with zero attached hydrogens (tertiary/aromatic N) is 1. The third-order valence-electron chi connectivity index (χ3n) is 2.34. The number of hydrogen-bond acceptors (Lipinski definition) is 2. The summed E-state index contributed by atoms with van der Waals surface area (Å²) in [6, 6.07) is 10.8. The van der Waals surface area contributed by atoms with E-state index >= 15 is 0 Å². The molecule has 0 amide bonds. The van der Waals surface area contributed by atoms with Crippen molar-refractivity contribution in [3.8, 4) is 0 Å². The minimum absolute atomic E-state index is 0.206. The number of benzene rings is 1. The van der Waals surface area contributed by atoms with Crippen molar-refractivity contribution in [2.75, 3.05) is 0 Å². The molecule has 0 aliphatic heterocycles. The molecule has 1 unspecified atom stereocenters. The Balaban J connectivity index is 2.28. The van der Waals surface area contributed by atoms with Crippen LogP contribution in [0.5, 0.6) is 0 Å². The van der Waals surface area contributed by atoms with E-state index in [4.69, 9.17) is 28.9 Å². The van der Waals surface area contributed by atoms with Crippen molar-refractivity contribution < 1.29 is 0 Å². The predicted molar refractivity (Wildman–Crippen MR) is 66.7 cm³/mol. The maximum atomic E-state index is 6.09. The Morgan fingerprint density at radius 1 is 0.938 bits per heavy atom. The first-order valence-electron chi connectivity index (χ1n) is 4.79. The van der Waals surface area contributed by atoms with E-state index in [-0.39, 0.29) is 6.04 Å². The van der Waals surface area contributed by atoms with E-state index in [0.717, 1.165) is 11.1 Å². The quantitative estimate of drug-likeness (QED) is 0.832. The van der Waals surface area contributed by atoms with E-state index in [1.54, 1.807) is 12.3 Å². The maximum absolute atomic E-state index is 6.09. The Bertz CT molecular complexity index is 420. The number of hydrogen-bond donors (Lipinski definition) is 1. The second-order valence-corrected chi connectivity index (χ2v) is 4.27. The molecule has 2 rings (SSSR count). The molecule has 0 saturated carbocycles. The molecule has 0 spiro atoms. The molecule has 2 nitrogen and oxygen atoms in total. The molecule has 0 fully saturated rings. The van der Waals surface area contributed by atoms with Crippen LogP contribution in [0, 0.1) is 0 Å². The van der Waals surface area contributed by atoms with Crippen LogP contribution in [-0.2, 0) is 0 Å². The lowest BCUT2D eigenvalue weighted by molar-refractivity contribution is 0.863. The van der Waals surface area contributed by atoms with E-state index in [1.807, 2.05) is 30.3 Å². The summed E-state index contributed by atoms with van der Waals surface area (Å²) in [4.78, 5) is 4.00. The zero-order valence-electron chi connectivity index (χ0n) is 8.40. The fourth-order valence-corrected chi connectivity index (χ4v) is 1.67. The molecular formula is C12H10Cl2N2. The molecule has 4 heteroatoms. The Morgan fingerprint density at radius 2 is 1.56 bits per heavy atom. The van der Waals surface area contributed by atoms with Gasteiger partial charge in [-0.25, -0.2) is 4.98 Å². The minimum Gasteiger partial charge on any atom is -0.320 e.